The first-order valence-corrected chi connectivity index (χ1v) is 12.1. The number of anilines is 1. The molecule has 1 N–H and O–H groups in total. The summed E-state index contributed by atoms with van der Waals surface area (Å²) in [5.41, 5.74) is 5.60. The third kappa shape index (κ3) is 4.98. The second-order valence-electron chi connectivity index (χ2n) is 8.73. The standard InChI is InChI=1S/C27H27N7O2/c1-3-20(15-22(4-1)34-18-21(17-28-19-34)24-5-2-8-29-32-24)27-30-25-7-6-23(16-26(25)31-27)36-14-11-33-9-12-35-13-10-33/h1-8,15-18H,9-14,19H2,(H,30,31). The molecule has 2 aliphatic heterocycles. The monoisotopic (exact) mass is 481 g/mol. The predicted molar refractivity (Wildman–Crippen MR) is 140 cm³/mol. The van der Waals surface area contributed by atoms with Crippen LogP contribution in [-0.2, 0) is 4.74 Å². The molecule has 2 aromatic carbocycles. The van der Waals surface area contributed by atoms with Gasteiger partial charge in [0.2, 0.25) is 0 Å². The highest BCUT2D eigenvalue weighted by Gasteiger charge is 2.14. The van der Waals surface area contributed by atoms with Gasteiger partial charge in [0.1, 0.15) is 24.8 Å². The van der Waals surface area contributed by atoms with Crippen LogP contribution in [0.4, 0.5) is 5.69 Å². The normalized spacial score (nSPS) is 16.3. The molecule has 1 saturated heterocycles. The number of hydrogen-bond acceptors (Lipinski definition) is 8. The van der Waals surface area contributed by atoms with E-state index in [2.05, 4.69) is 54.4 Å². The van der Waals surface area contributed by atoms with E-state index in [0.29, 0.717) is 13.3 Å². The van der Waals surface area contributed by atoms with Crippen LogP contribution < -0.4 is 9.64 Å². The molecule has 0 saturated carbocycles. The molecule has 0 amide bonds. The highest BCUT2D eigenvalue weighted by Crippen LogP contribution is 2.28. The fraction of sp³-hybridized carbons (Fsp3) is 0.259. The van der Waals surface area contributed by atoms with Gasteiger partial charge in [-0.15, -0.1) is 0 Å². The number of nitrogens with zero attached hydrogens (tertiary/aromatic N) is 6. The smallest absolute Gasteiger partial charge is 0.138 e. The average molecular weight is 482 g/mol. The summed E-state index contributed by atoms with van der Waals surface area (Å²) >= 11 is 0. The van der Waals surface area contributed by atoms with Crippen LogP contribution in [0.5, 0.6) is 5.75 Å². The quantitative estimate of drug-likeness (QED) is 0.431. The summed E-state index contributed by atoms with van der Waals surface area (Å²) in [5, 5.41) is 8.18. The number of fused-ring (bicyclic) bond motifs is 1. The minimum absolute atomic E-state index is 0.540. The van der Waals surface area contributed by atoms with Gasteiger partial charge in [0, 0.05) is 61.1 Å². The maximum atomic E-state index is 6.01. The van der Waals surface area contributed by atoms with Crippen molar-refractivity contribution in [2.45, 2.75) is 0 Å². The van der Waals surface area contributed by atoms with Gasteiger partial charge in [0.25, 0.3) is 0 Å². The molecule has 4 heterocycles. The summed E-state index contributed by atoms with van der Waals surface area (Å²) in [6.07, 6.45) is 5.55. The molecule has 0 spiro atoms. The Bertz CT molecular complexity index is 1390. The Balaban J connectivity index is 1.18. The van der Waals surface area contributed by atoms with E-state index in [1.54, 1.807) is 6.20 Å². The van der Waals surface area contributed by atoms with E-state index in [4.69, 9.17) is 14.5 Å². The lowest BCUT2D eigenvalue weighted by molar-refractivity contribution is 0.0322. The molecule has 4 aromatic rings. The maximum absolute atomic E-state index is 6.01. The van der Waals surface area contributed by atoms with Crippen molar-refractivity contribution < 1.29 is 9.47 Å². The predicted octanol–water partition coefficient (Wildman–Crippen LogP) is 3.62. The molecule has 36 heavy (non-hydrogen) atoms. The van der Waals surface area contributed by atoms with E-state index in [1.807, 2.05) is 42.6 Å². The lowest BCUT2D eigenvalue weighted by Gasteiger charge is -2.26. The van der Waals surface area contributed by atoms with Crippen LogP contribution in [0, 0.1) is 0 Å². The van der Waals surface area contributed by atoms with Crippen LogP contribution in [0.3, 0.4) is 0 Å². The Labute approximate surface area is 209 Å². The molecule has 2 aliphatic rings. The molecule has 9 nitrogen and oxygen atoms in total. The third-order valence-corrected chi connectivity index (χ3v) is 6.31. The van der Waals surface area contributed by atoms with Crippen molar-refractivity contribution in [3.8, 4) is 17.1 Å². The summed E-state index contributed by atoms with van der Waals surface area (Å²) in [5.74, 6) is 1.66. The van der Waals surface area contributed by atoms with Crippen molar-refractivity contribution in [3.63, 3.8) is 0 Å². The van der Waals surface area contributed by atoms with Gasteiger partial charge in [-0.05, 0) is 36.4 Å². The van der Waals surface area contributed by atoms with E-state index >= 15 is 0 Å². The summed E-state index contributed by atoms with van der Waals surface area (Å²) in [6.45, 7) is 5.62. The first kappa shape index (κ1) is 22.4. The first-order valence-electron chi connectivity index (χ1n) is 12.1. The number of aromatic nitrogens is 4. The average Bonchev–Trinajstić information content (AvgIpc) is 3.38. The Hall–Kier alpha value is -4.08. The van der Waals surface area contributed by atoms with Crippen molar-refractivity contribution >= 4 is 28.5 Å². The van der Waals surface area contributed by atoms with Crippen LogP contribution in [0.15, 0.2) is 72.0 Å². The van der Waals surface area contributed by atoms with E-state index in [0.717, 1.165) is 78.0 Å². The lowest BCUT2D eigenvalue weighted by atomic mass is 10.1. The van der Waals surface area contributed by atoms with Crippen LogP contribution in [0.25, 0.3) is 28.0 Å². The van der Waals surface area contributed by atoms with Crippen molar-refractivity contribution in [1.29, 1.82) is 0 Å². The zero-order chi connectivity index (χ0) is 24.2. The maximum Gasteiger partial charge on any atom is 0.138 e. The minimum atomic E-state index is 0.540. The van der Waals surface area contributed by atoms with Crippen LogP contribution >= 0.6 is 0 Å². The molecule has 1 fully saturated rings. The van der Waals surface area contributed by atoms with Crippen molar-refractivity contribution in [3.05, 3.63) is 72.7 Å². The summed E-state index contributed by atoms with van der Waals surface area (Å²) in [4.78, 5) is 17.2. The van der Waals surface area contributed by atoms with Gasteiger partial charge >= 0.3 is 0 Å². The van der Waals surface area contributed by atoms with E-state index < -0.39 is 0 Å². The third-order valence-electron chi connectivity index (χ3n) is 6.31. The van der Waals surface area contributed by atoms with Crippen LogP contribution in [0.1, 0.15) is 5.69 Å². The highest BCUT2D eigenvalue weighted by atomic mass is 16.5. The van der Waals surface area contributed by atoms with Crippen LogP contribution in [0.2, 0.25) is 0 Å². The number of rotatable bonds is 7. The lowest BCUT2D eigenvalue weighted by Crippen LogP contribution is -2.38. The summed E-state index contributed by atoms with van der Waals surface area (Å²) < 4.78 is 11.4. The molecule has 2 aromatic heterocycles. The number of ether oxygens (including phenoxy) is 2. The molecule has 6 rings (SSSR count). The number of aromatic amines is 1. The molecule has 0 bridgehead atoms. The Kier molecular flexibility index (Phi) is 6.39. The van der Waals surface area contributed by atoms with Gasteiger partial charge in [0.15, 0.2) is 0 Å². The van der Waals surface area contributed by atoms with E-state index in [1.165, 1.54) is 0 Å². The molecular formula is C27H27N7O2. The molecule has 0 unspecified atom stereocenters. The number of nitrogens with one attached hydrogen (secondary N) is 1. The molecule has 9 heteroatoms. The largest absolute Gasteiger partial charge is 0.492 e. The number of H-pyrrole nitrogens is 1. The molecule has 0 aliphatic carbocycles. The van der Waals surface area contributed by atoms with E-state index in [9.17, 15) is 0 Å². The first-order chi connectivity index (χ1) is 17.8. The Morgan fingerprint density at radius 2 is 1.97 bits per heavy atom. The minimum Gasteiger partial charge on any atom is -0.492 e. The van der Waals surface area contributed by atoms with Gasteiger partial charge in [-0.25, -0.2) is 4.98 Å². The van der Waals surface area contributed by atoms with Crippen molar-refractivity contribution in [2.75, 3.05) is 51.0 Å². The Morgan fingerprint density at radius 1 is 1.03 bits per heavy atom. The van der Waals surface area contributed by atoms with Gasteiger partial charge in [-0.1, -0.05) is 12.1 Å². The van der Waals surface area contributed by atoms with Gasteiger partial charge in [-0.3, -0.25) is 9.89 Å². The van der Waals surface area contributed by atoms with Crippen LogP contribution in [-0.4, -0.2) is 77.4 Å². The highest BCUT2D eigenvalue weighted by molar-refractivity contribution is 6.10. The van der Waals surface area contributed by atoms with Gasteiger partial charge in [-0.2, -0.15) is 10.2 Å². The number of imidazole rings is 1. The fourth-order valence-corrected chi connectivity index (χ4v) is 4.38. The molecule has 0 atom stereocenters. The number of benzene rings is 2. The van der Waals surface area contributed by atoms with Gasteiger partial charge in [0.05, 0.1) is 29.9 Å². The second kappa shape index (κ2) is 10.3. The zero-order valence-electron chi connectivity index (χ0n) is 19.9. The van der Waals surface area contributed by atoms with Crippen molar-refractivity contribution in [1.82, 2.24) is 25.1 Å². The molecule has 182 valence electrons. The summed E-state index contributed by atoms with van der Waals surface area (Å²) in [6, 6.07) is 18.1. The molecular weight excluding hydrogens is 454 g/mol. The fourth-order valence-electron chi connectivity index (χ4n) is 4.38. The number of morpholine rings is 1. The molecule has 0 radical (unpaired) electrons. The van der Waals surface area contributed by atoms with Gasteiger partial charge < -0.3 is 19.4 Å². The SMILES string of the molecule is C1=NCN(c2cccc(-c3nc4ccc(OCCN5CCOCC5)cc4[nH]3)c2)C=C1c1cccnn1. The van der Waals surface area contributed by atoms with Crippen molar-refractivity contribution in [2.24, 2.45) is 4.99 Å². The number of aliphatic imine (C=N–C) groups is 1. The number of hydrogen-bond donors (Lipinski definition) is 1. The second-order valence-corrected chi connectivity index (χ2v) is 8.73. The zero-order valence-corrected chi connectivity index (χ0v) is 19.9. The number of allylic oxidation sites excluding steroid dienone is 1. The summed E-state index contributed by atoms with van der Waals surface area (Å²) in [7, 11) is 0. The topological polar surface area (TPSA) is 91.8 Å². The van der Waals surface area contributed by atoms with E-state index in [-0.39, 0.29) is 0 Å². The Morgan fingerprint density at radius 3 is 2.86 bits per heavy atom.